The van der Waals surface area contributed by atoms with Gasteiger partial charge < -0.3 is 9.15 Å². The van der Waals surface area contributed by atoms with Crippen molar-refractivity contribution < 1.29 is 9.15 Å². The molecular formula is C33H27N5O3S. The van der Waals surface area contributed by atoms with Gasteiger partial charge in [-0.25, -0.2) is 4.68 Å². The molecule has 4 heterocycles. The van der Waals surface area contributed by atoms with E-state index in [0.717, 1.165) is 56.8 Å². The highest BCUT2D eigenvalue weighted by Crippen LogP contribution is 2.32. The molecule has 0 fully saturated rings. The van der Waals surface area contributed by atoms with Crippen LogP contribution in [0.2, 0.25) is 0 Å². The molecule has 0 bridgehead atoms. The summed E-state index contributed by atoms with van der Waals surface area (Å²) in [6.07, 6.45) is 4.76. The summed E-state index contributed by atoms with van der Waals surface area (Å²) < 4.78 is 15.6. The Hall–Kier alpha value is -5.02. The Morgan fingerprint density at radius 3 is 2.57 bits per heavy atom. The number of benzene rings is 3. The smallest absolute Gasteiger partial charge is 0.291 e. The predicted molar refractivity (Wildman–Crippen MR) is 165 cm³/mol. The summed E-state index contributed by atoms with van der Waals surface area (Å²) in [6.45, 7) is 6.76. The second-order valence-corrected chi connectivity index (χ2v) is 11.1. The van der Waals surface area contributed by atoms with E-state index in [1.807, 2.05) is 97.5 Å². The lowest BCUT2D eigenvalue weighted by molar-refractivity contribution is 0.315. The first-order valence-electron chi connectivity index (χ1n) is 13.8. The lowest BCUT2D eigenvalue weighted by Crippen LogP contribution is -2.23. The molecule has 0 saturated carbocycles. The van der Waals surface area contributed by atoms with E-state index in [4.69, 9.17) is 14.3 Å². The van der Waals surface area contributed by atoms with Gasteiger partial charge in [0.25, 0.3) is 5.56 Å². The fraction of sp³-hybridized carbons (Fsp3) is 0.152. The van der Waals surface area contributed by atoms with E-state index >= 15 is 0 Å². The first-order chi connectivity index (χ1) is 20.5. The van der Waals surface area contributed by atoms with Gasteiger partial charge in [0.05, 0.1) is 16.8 Å². The molecule has 0 atom stereocenters. The van der Waals surface area contributed by atoms with Crippen LogP contribution < -0.4 is 14.8 Å². The third kappa shape index (κ3) is 4.48. The maximum atomic E-state index is 13.5. The zero-order valence-corrected chi connectivity index (χ0v) is 24.2. The van der Waals surface area contributed by atoms with E-state index in [1.54, 1.807) is 0 Å². The van der Waals surface area contributed by atoms with Gasteiger partial charge in [0.2, 0.25) is 10.8 Å². The Kier molecular flexibility index (Phi) is 6.43. The lowest BCUT2D eigenvalue weighted by Gasteiger charge is -2.09. The average Bonchev–Trinajstić information content (AvgIpc) is 3.77. The number of rotatable bonds is 7. The minimum Gasteiger partial charge on any atom is -0.493 e. The van der Waals surface area contributed by atoms with Crippen LogP contribution in [0.25, 0.3) is 50.5 Å². The molecule has 0 aliphatic rings. The van der Waals surface area contributed by atoms with E-state index < -0.39 is 0 Å². The van der Waals surface area contributed by atoms with Gasteiger partial charge in [0, 0.05) is 28.3 Å². The van der Waals surface area contributed by atoms with Crippen LogP contribution in [0.5, 0.6) is 5.75 Å². The molecule has 0 N–H and O–H groups in total. The molecule has 3 aromatic carbocycles. The highest BCUT2D eigenvalue weighted by molar-refractivity contribution is 7.15. The molecule has 0 spiro atoms. The molecule has 0 saturated heterocycles. The second kappa shape index (κ2) is 10.4. The summed E-state index contributed by atoms with van der Waals surface area (Å²) in [5.74, 6) is 1.83. The Balaban J connectivity index is 1.33. The number of nitrogens with zero attached hydrogens (tertiary/aromatic N) is 5. The SMILES string of the molecule is CCCOc1ccc(-c2nn(-c3ccccc3)cc2/C=c2\sc3nc(-c4oc5ccccc5c4C)nn3c2=O)cc1C. The maximum Gasteiger partial charge on any atom is 0.291 e. The third-order valence-corrected chi connectivity index (χ3v) is 8.15. The Labute approximate surface area is 245 Å². The van der Waals surface area contributed by atoms with Crippen molar-refractivity contribution in [1.82, 2.24) is 24.4 Å². The molecule has 7 rings (SSSR count). The highest BCUT2D eigenvalue weighted by atomic mass is 32.1. The molecule has 9 heteroatoms. The van der Waals surface area contributed by atoms with Crippen molar-refractivity contribution in [3.05, 3.63) is 111 Å². The quantitative estimate of drug-likeness (QED) is 0.220. The molecule has 0 amide bonds. The zero-order chi connectivity index (χ0) is 28.8. The molecule has 0 aliphatic carbocycles. The summed E-state index contributed by atoms with van der Waals surface area (Å²) in [6, 6.07) is 23.8. The molecule has 0 aliphatic heterocycles. The van der Waals surface area contributed by atoms with Crippen molar-refractivity contribution in [1.29, 1.82) is 0 Å². The van der Waals surface area contributed by atoms with Crippen LogP contribution in [-0.2, 0) is 0 Å². The number of furan rings is 1. The fourth-order valence-corrected chi connectivity index (χ4v) is 5.96. The number of fused-ring (bicyclic) bond motifs is 2. The van der Waals surface area contributed by atoms with Gasteiger partial charge >= 0.3 is 0 Å². The van der Waals surface area contributed by atoms with E-state index in [-0.39, 0.29) is 5.56 Å². The zero-order valence-electron chi connectivity index (χ0n) is 23.4. The summed E-state index contributed by atoms with van der Waals surface area (Å²) in [4.78, 5) is 18.7. The van der Waals surface area contributed by atoms with Crippen LogP contribution in [0.1, 0.15) is 30.0 Å². The number of hydrogen-bond donors (Lipinski definition) is 0. The van der Waals surface area contributed by atoms with Gasteiger partial charge in [0.15, 0.2) is 5.76 Å². The van der Waals surface area contributed by atoms with Crippen LogP contribution in [0.3, 0.4) is 0 Å². The average molecular weight is 574 g/mol. The van der Waals surface area contributed by atoms with Crippen molar-refractivity contribution in [3.8, 4) is 34.3 Å². The number of aryl methyl sites for hydroxylation is 2. The van der Waals surface area contributed by atoms with E-state index in [9.17, 15) is 4.79 Å². The Morgan fingerprint density at radius 2 is 1.81 bits per heavy atom. The van der Waals surface area contributed by atoms with Gasteiger partial charge in [-0.2, -0.15) is 14.6 Å². The molecule has 4 aromatic heterocycles. The van der Waals surface area contributed by atoms with E-state index in [2.05, 4.69) is 23.1 Å². The third-order valence-electron chi connectivity index (χ3n) is 7.19. The topological polar surface area (TPSA) is 87.4 Å². The van der Waals surface area contributed by atoms with Crippen LogP contribution in [0.15, 0.2) is 88.2 Å². The van der Waals surface area contributed by atoms with Crippen LogP contribution >= 0.6 is 11.3 Å². The van der Waals surface area contributed by atoms with Gasteiger partial charge in [-0.05, 0) is 68.3 Å². The van der Waals surface area contributed by atoms with Crippen molar-refractivity contribution in [2.24, 2.45) is 0 Å². The van der Waals surface area contributed by atoms with Crippen molar-refractivity contribution in [2.45, 2.75) is 27.2 Å². The summed E-state index contributed by atoms with van der Waals surface area (Å²) in [5.41, 5.74) is 5.94. The van der Waals surface area contributed by atoms with Crippen molar-refractivity contribution in [3.63, 3.8) is 0 Å². The van der Waals surface area contributed by atoms with Gasteiger partial charge in [0.1, 0.15) is 17.0 Å². The summed E-state index contributed by atoms with van der Waals surface area (Å²) in [5, 5.41) is 10.5. The fourth-order valence-electron chi connectivity index (χ4n) is 5.06. The standard InChI is InChI=1S/C33H27N5O3S/c1-4-16-40-26-15-14-22(17-20(26)2)29-23(19-37(35-29)24-10-6-5-7-11-24)18-28-32(39)38-33(42-28)34-31(36-38)30-21(3)25-12-8-9-13-27(25)41-30/h5-15,17-19H,4,16H2,1-3H3/b28-18-. The molecule has 7 aromatic rings. The first-order valence-corrected chi connectivity index (χ1v) is 14.6. The maximum absolute atomic E-state index is 13.5. The number of para-hydroxylation sites is 2. The van der Waals surface area contributed by atoms with Gasteiger partial charge in [-0.15, -0.1) is 5.10 Å². The van der Waals surface area contributed by atoms with E-state index in [0.29, 0.717) is 27.7 Å². The van der Waals surface area contributed by atoms with Crippen LogP contribution in [0, 0.1) is 13.8 Å². The molecule has 42 heavy (non-hydrogen) atoms. The van der Waals surface area contributed by atoms with Crippen LogP contribution in [0.4, 0.5) is 0 Å². The van der Waals surface area contributed by atoms with Crippen molar-refractivity contribution >= 4 is 33.3 Å². The van der Waals surface area contributed by atoms with Gasteiger partial charge in [-0.3, -0.25) is 4.79 Å². The molecular weight excluding hydrogens is 546 g/mol. The number of thiazole rings is 1. The lowest BCUT2D eigenvalue weighted by atomic mass is 10.0. The molecule has 0 unspecified atom stereocenters. The van der Waals surface area contributed by atoms with E-state index in [1.165, 1.54) is 15.9 Å². The van der Waals surface area contributed by atoms with Crippen molar-refractivity contribution in [2.75, 3.05) is 6.61 Å². The van der Waals surface area contributed by atoms with Crippen LogP contribution in [-0.4, -0.2) is 31.0 Å². The van der Waals surface area contributed by atoms with Gasteiger partial charge in [-0.1, -0.05) is 54.7 Å². The minimum atomic E-state index is -0.236. The number of ether oxygens (including phenoxy) is 1. The highest BCUT2D eigenvalue weighted by Gasteiger charge is 2.20. The largest absolute Gasteiger partial charge is 0.493 e. The first kappa shape index (κ1) is 25.9. The second-order valence-electron chi connectivity index (χ2n) is 10.1. The molecule has 8 nitrogen and oxygen atoms in total. The normalized spacial score (nSPS) is 12.1. The number of aromatic nitrogens is 5. The minimum absolute atomic E-state index is 0.236. The summed E-state index contributed by atoms with van der Waals surface area (Å²) >= 11 is 1.29. The Morgan fingerprint density at radius 1 is 1.00 bits per heavy atom. The number of hydrogen-bond acceptors (Lipinski definition) is 7. The summed E-state index contributed by atoms with van der Waals surface area (Å²) in [7, 11) is 0. The predicted octanol–water partition coefficient (Wildman–Crippen LogP) is 6.37. The monoisotopic (exact) mass is 573 g/mol. The Bertz CT molecular complexity index is 2190. The molecule has 208 valence electrons. The molecule has 0 radical (unpaired) electrons.